The largest absolute Gasteiger partial charge is 0.373 e. The van der Waals surface area contributed by atoms with Gasteiger partial charge in [0, 0.05) is 57.6 Å². The average molecular weight is 436 g/mol. The molecule has 4 rings (SSSR count). The Morgan fingerprint density at radius 3 is 2.75 bits per heavy atom. The molecule has 0 aliphatic carbocycles. The number of guanidine groups is 1. The first-order valence-corrected chi connectivity index (χ1v) is 12.0. The van der Waals surface area contributed by atoms with Crippen LogP contribution in [0, 0.1) is 5.92 Å². The third-order valence-electron chi connectivity index (χ3n) is 6.63. The zero-order chi connectivity index (χ0) is 22.3. The van der Waals surface area contributed by atoms with E-state index in [0.29, 0.717) is 17.9 Å². The lowest BCUT2D eigenvalue weighted by molar-refractivity contribution is -0.0502. The molecule has 1 N–H and O–H groups in total. The summed E-state index contributed by atoms with van der Waals surface area (Å²) in [5.74, 6) is 1.85. The van der Waals surface area contributed by atoms with Crippen molar-refractivity contribution in [3.8, 4) is 0 Å². The van der Waals surface area contributed by atoms with Crippen LogP contribution < -0.4 is 5.32 Å². The van der Waals surface area contributed by atoms with Crippen molar-refractivity contribution in [3.05, 3.63) is 66.0 Å². The van der Waals surface area contributed by atoms with Crippen molar-refractivity contribution < 1.29 is 4.74 Å². The first-order valence-electron chi connectivity index (χ1n) is 12.0. The number of aliphatic imine (C=N–C) groups is 1. The van der Waals surface area contributed by atoms with Crippen molar-refractivity contribution in [2.45, 2.75) is 45.4 Å². The molecule has 0 saturated carbocycles. The second-order valence-corrected chi connectivity index (χ2v) is 9.17. The van der Waals surface area contributed by atoms with Crippen molar-refractivity contribution in [2.24, 2.45) is 10.9 Å². The molecule has 3 atom stereocenters. The maximum atomic E-state index is 6.19. The highest BCUT2D eigenvalue weighted by molar-refractivity contribution is 5.80. The summed E-state index contributed by atoms with van der Waals surface area (Å²) in [7, 11) is 0. The molecule has 1 aromatic heterocycles. The van der Waals surface area contributed by atoms with Gasteiger partial charge in [0.25, 0.3) is 0 Å². The van der Waals surface area contributed by atoms with E-state index in [1.54, 1.807) is 0 Å². The standard InChI is InChI=1S/C26H37N5O/c1-4-28-26(29-16-23(20(2)3)22-11-8-12-27-15-22)31-18-24-25(19-31)32-14-13-30(24)17-21-9-6-5-7-10-21/h5-12,15,20,23-25H,4,13-14,16-19H2,1-3H3,(H,28,29). The third-order valence-corrected chi connectivity index (χ3v) is 6.63. The minimum atomic E-state index is 0.232. The second-order valence-electron chi connectivity index (χ2n) is 9.17. The van der Waals surface area contributed by atoms with Crippen molar-refractivity contribution in [2.75, 3.05) is 39.3 Å². The number of benzene rings is 1. The summed E-state index contributed by atoms with van der Waals surface area (Å²) in [6.07, 6.45) is 4.05. The minimum Gasteiger partial charge on any atom is -0.373 e. The number of rotatable bonds is 7. The van der Waals surface area contributed by atoms with E-state index in [9.17, 15) is 0 Å². The van der Waals surface area contributed by atoms with Gasteiger partial charge in [-0.3, -0.25) is 14.9 Å². The van der Waals surface area contributed by atoms with Crippen LogP contribution >= 0.6 is 0 Å². The van der Waals surface area contributed by atoms with Crippen LogP contribution in [0.25, 0.3) is 0 Å². The molecule has 2 saturated heterocycles. The van der Waals surface area contributed by atoms with Crippen molar-refractivity contribution in [1.82, 2.24) is 20.1 Å². The Labute approximate surface area is 192 Å². The van der Waals surface area contributed by atoms with E-state index in [4.69, 9.17) is 9.73 Å². The van der Waals surface area contributed by atoms with Crippen LogP contribution in [0.15, 0.2) is 59.9 Å². The van der Waals surface area contributed by atoms with E-state index < -0.39 is 0 Å². The van der Waals surface area contributed by atoms with Gasteiger partial charge in [0.2, 0.25) is 0 Å². The van der Waals surface area contributed by atoms with Crippen molar-refractivity contribution in [1.29, 1.82) is 0 Å². The van der Waals surface area contributed by atoms with E-state index in [1.807, 2.05) is 18.5 Å². The molecule has 3 heterocycles. The number of hydrogen-bond acceptors (Lipinski definition) is 4. The van der Waals surface area contributed by atoms with Gasteiger partial charge in [0.15, 0.2) is 5.96 Å². The Morgan fingerprint density at radius 2 is 2.03 bits per heavy atom. The Balaban J connectivity index is 1.46. The summed E-state index contributed by atoms with van der Waals surface area (Å²) in [6, 6.07) is 15.3. The second kappa shape index (κ2) is 10.9. The quantitative estimate of drug-likeness (QED) is 0.534. The van der Waals surface area contributed by atoms with E-state index in [0.717, 1.165) is 51.8 Å². The topological polar surface area (TPSA) is 53.0 Å². The smallest absolute Gasteiger partial charge is 0.194 e. The highest BCUT2D eigenvalue weighted by atomic mass is 16.5. The summed E-state index contributed by atoms with van der Waals surface area (Å²) in [4.78, 5) is 14.4. The molecule has 2 fully saturated rings. The Kier molecular flexibility index (Phi) is 7.76. The van der Waals surface area contributed by atoms with E-state index in [2.05, 4.69) is 77.3 Å². The molecule has 0 spiro atoms. The summed E-state index contributed by atoms with van der Waals surface area (Å²) in [5.41, 5.74) is 2.62. The van der Waals surface area contributed by atoms with Gasteiger partial charge in [-0.25, -0.2) is 0 Å². The summed E-state index contributed by atoms with van der Waals surface area (Å²) in [6.45, 7) is 12.9. The van der Waals surface area contributed by atoms with Gasteiger partial charge in [-0.05, 0) is 30.0 Å². The number of pyridine rings is 1. The number of ether oxygens (including phenoxy) is 1. The number of aromatic nitrogens is 1. The Bertz CT molecular complexity index is 857. The first-order chi connectivity index (χ1) is 15.7. The lowest BCUT2D eigenvalue weighted by atomic mass is 9.89. The molecule has 0 bridgehead atoms. The fourth-order valence-electron chi connectivity index (χ4n) is 4.85. The normalized spacial score (nSPS) is 22.8. The van der Waals surface area contributed by atoms with Crippen LogP contribution in [0.5, 0.6) is 0 Å². The fourth-order valence-corrected chi connectivity index (χ4v) is 4.85. The Hall–Kier alpha value is -2.44. The molecule has 0 radical (unpaired) electrons. The van der Waals surface area contributed by atoms with Crippen molar-refractivity contribution in [3.63, 3.8) is 0 Å². The highest BCUT2D eigenvalue weighted by Gasteiger charge is 2.41. The summed E-state index contributed by atoms with van der Waals surface area (Å²) in [5, 5.41) is 3.53. The van der Waals surface area contributed by atoms with Gasteiger partial charge < -0.3 is 15.0 Å². The van der Waals surface area contributed by atoms with Gasteiger partial charge in [0.1, 0.15) is 0 Å². The first kappa shape index (κ1) is 22.7. The molecule has 0 amide bonds. The van der Waals surface area contributed by atoms with Gasteiger partial charge in [-0.1, -0.05) is 50.2 Å². The molecule has 2 aliphatic rings. The van der Waals surface area contributed by atoms with E-state index in [1.165, 1.54) is 11.1 Å². The van der Waals surface area contributed by atoms with Gasteiger partial charge >= 0.3 is 0 Å². The van der Waals surface area contributed by atoms with Gasteiger partial charge in [-0.15, -0.1) is 0 Å². The lowest BCUT2D eigenvalue weighted by Gasteiger charge is -2.36. The SMILES string of the molecule is CCNC(=NCC(c1cccnc1)C(C)C)N1CC2OCCN(Cc3ccccc3)C2C1. The monoisotopic (exact) mass is 435 g/mol. The maximum Gasteiger partial charge on any atom is 0.194 e. The van der Waals surface area contributed by atoms with Gasteiger partial charge in [0.05, 0.1) is 18.8 Å². The van der Waals surface area contributed by atoms with Crippen LogP contribution in [0.2, 0.25) is 0 Å². The summed E-state index contributed by atoms with van der Waals surface area (Å²) < 4.78 is 6.19. The number of nitrogens with zero attached hydrogens (tertiary/aromatic N) is 4. The minimum absolute atomic E-state index is 0.232. The molecule has 2 aromatic rings. The summed E-state index contributed by atoms with van der Waals surface area (Å²) >= 11 is 0. The Morgan fingerprint density at radius 1 is 1.19 bits per heavy atom. The predicted octanol–water partition coefficient (Wildman–Crippen LogP) is 3.37. The number of morpholine rings is 1. The molecule has 6 nitrogen and oxygen atoms in total. The van der Waals surface area contributed by atoms with E-state index in [-0.39, 0.29) is 6.10 Å². The average Bonchev–Trinajstić information content (AvgIpc) is 3.25. The number of hydrogen-bond donors (Lipinski definition) is 1. The number of fused-ring (bicyclic) bond motifs is 1. The zero-order valence-corrected chi connectivity index (χ0v) is 19.7. The molecule has 2 aliphatic heterocycles. The molecular weight excluding hydrogens is 398 g/mol. The molecular formula is C26H37N5O. The third kappa shape index (κ3) is 5.48. The number of likely N-dealkylation sites (tertiary alicyclic amines) is 1. The lowest BCUT2D eigenvalue weighted by Crippen LogP contribution is -2.50. The molecule has 3 unspecified atom stereocenters. The maximum absolute atomic E-state index is 6.19. The van der Waals surface area contributed by atoms with Crippen LogP contribution in [-0.2, 0) is 11.3 Å². The highest BCUT2D eigenvalue weighted by Crippen LogP contribution is 2.26. The van der Waals surface area contributed by atoms with Gasteiger partial charge in [-0.2, -0.15) is 0 Å². The van der Waals surface area contributed by atoms with Crippen molar-refractivity contribution >= 4 is 5.96 Å². The zero-order valence-electron chi connectivity index (χ0n) is 19.7. The van der Waals surface area contributed by atoms with Crippen LogP contribution in [0.3, 0.4) is 0 Å². The number of nitrogens with one attached hydrogen (secondary N) is 1. The molecule has 6 heteroatoms. The molecule has 1 aromatic carbocycles. The predicted molar refractivity (Wildman–Crippen MR) is 130 cm³/mol. The molecule has 172 valence electrons. The van der Waals surface area contributed by atoms with E-state index >= 15 is 0 Å². The molecule has 32 heavy (non-hydrogen) atoms. The van der Waals surface area contributed by atoms with Crippen LogP contribution in [-0.4, -0.2) is 72.2 Å². The van der Waals surface area contributed by atoms with Crippen LogP contribution in [0.1, 0.15) is 37.8 Å². The van der Waals surface area contributed by atoms with Crippen LogP contribution in [0.4, 0.5) is 0 Å². The fraction of sp³-hybridized carbons (Fsp3) is 0.538.